The van der Waals surface area contributed by atoms with Gasteiger partial charge in [-0.1, -0.05) is 24.4 Å². The summed E-state index contributed by atoms with van der Waals surface area (Å²) < 4.78 is 5.09. The molecular formula is C27H27ClN4O4. The second-order valence-electron chi connectivity index (χ2n) is 9.15. The van der Waals surface area contributed by atoms with Crippen LogP contribution in [-0.2, 0) is 4.74 Å². The van der Waals surface area contributed by atoms with Crippen LogP contribution < -0.4 is 15.5 Å². The second-order valence-corrected chi connectivity index (χ2v) is 9.54. The van der Waals surface area contributed by atoms with Gasteiger partial charge in [-0.15, -0.1) is 0 Å². The highest BCUT2D eigenvalue weighted by molar-refractivity contribution is 6.29. The molecular weight excluding hydrogens is 480 g/mol. The van der Waals surface area contributed by atoms with Crippen LogP contribution in [0.4, 0.5) is 10.5 Å². The van der Waals surface area contributed by atoms with Crippen LogP contribution in [0, 0.1) is 0 Å². The van der Waals surface area contributed by atoms with Crippen LogP contribution in [-0.4, -0.2) is 48.1 Å². The summed E-state index contributed by atoms with van der Waals surface area (Å²) >= 11 is 5.96. The van der Waals surface area contributed by atoms with E-state index in [2.05, 4.69) is 15.6 Å². The minimum absolute atomic E-state index is 0.170. The number of pyridine rings is 1. The molecule has 0 spiro atoms. The summed E-state index contributed by atoms with van der Waals surface area (Å²) in [6, 6.07) is 15.4. The number of rotatable bonds is 5. The summed E-state index contributed by atoms with van der Waals surface area (Å²) in [5.74, 6) is -0.390. The lowest BCUT2D eigenvalue weighted by molar-refractivity contribution is 0.0863. The first-order valence-corrected chi connectivity index (χ1v) is 12.6. The van der Waals surface area contributed by atoms with Gasteiger partial charge in [-0.2, -0.15) is 0 Å². The topological polar surface area (TPSA) is 101 Å². The van der Waals surface area contributed by atoms with Crippen molar-refractivity contribution < 1.29 is 19.1 Å². The van der Waals surface area contributed by atoms with Gasteiger partial charge < -0.3 is 15.4 Å². The fourth-order valence-corrected chi connectivity index (χ4v) is 4.95. The van der Waals surface area contributed by atoms with Gasteiger partial charge in [0, 0.05) is 40.8 Å². The average molecular weight is 507 g/mol. The molecule has 0 bridgehead atoms. The summed E-state index contributed by atoms with van der Waals surface area (Å²) in [5, 5.41) is 7.46. The Morgan fingerprint density at radius 3 is 2.25 bits per heavy atom. The molecule has 2 fully saturated rings. The Hall–Kier alpha value is -3.65. The van der Waals surface area contributed by atoms with Gasteiger partial charge in [-0.25, -0.2) is 9.78 Å². The van der Waals surface area contributed by atoms with Gasteiger partial charge in [0.2, 0.25) is 0 Å². The molecule has 36 heavy (non-hydrogen) atoms. The van der Waals surface area contributed by atoms with E-state index in [0.29, 0.717) is 35.1 Å². The standard InChI is InChI=1S/C27H27ClN4O4/c28-24-13-9-18-16-19(8-12-21(18)29-24)26(34)31-23-5-2-1-4-22(23)30-25(33)17-6-10-20(11-7-17)32-14-3-15-36-27(32)35/h6-13,16,22-23H,1-5,14-15H2,(H,30,33)(H,31,34). The van der Waals surface area contributed by atoms with Crippen molar-refractivity contribution in [3.8, 4) is 0 Å². The van der Waals surface area contributed by atoms with Crippen molar-refractivity contribution in [2.24, 2.45) is 0 Å². The molecule has 1 saturated heterocycles. The van der Waals surface area contributed by atoms with Crippen molar-refractivity contribution in [3.05, 3.63) is 70.9 Å². The maximum absolute atomic E-state index is 13.0. The van der Waals surface area contributed by atoms with Crippen molar-refractivity contribution in [3.63, 3.8) is 0 Å². The molecule has 2 aromatic carbocycles. The Morgan fingerprint density at radius 1 is 0.889 bits per heavy atom. The molecule has 9 heteroatoms. The highest BCUT2D eigenvalue weighted by Gasteiger charge is 2.29. The Kier molecular flexibility index (Phi) is 7.04. The summed E-state index contributed by atoms with van der Waals surface area (Å²) in [4.78, 5) is 43.8. The molecule has 5 rings (SSSR count). The van der Waals surface area contributed by atoms with E-state index in [1.165, 1.54) is 0 Å². The number of hydrogen-bond donors (Lipinski definition) is 2. The number of carbonyl (C=O) groups excluding carboxylic acids is 3. The van der Waals surface area contributed by atoms with Gasteiger partial charge in [0.15, 0.2) is 0 Å². The molecule has 1 saturated carbocycles. The van der Waals surface area contributed by atoms with Crippen LogP contribution >= 0.6 is 11.6 Å². The summed E-state index contributed by atoms with van der Waals surface area (Å²) in [6.07, 6.45) is 3.94. The number of benzene rings is 2. The third-order valence-electron chi connectivity index (χ3n) is 6.73. The smallest absolute Gasteiger partial charge is 0.414 e. The largest absolute Gasteiger partial charge is 0.449 e. The highest BCUT2D eigenvalue weighted by atomic mass is 35.5. The zero-order chi connectivity index (χ0) is 25.1. The van der Waals surface area contributed by atoms with Crippen molar-refractivity contribution in [1.29, 1.82) is 0 Å². The number of fused-ring (bicyclic) bond motifs is 1. The molecule has 2 unspecified atom stereocenters. The van der Waals surface area contributed by atoms with Gasteiger partial charge in [0.1, 0.15) is 5.15 Å². The number of carbonyl (C=O) groups is 3. The minimum atomic E-state index is -0.370. The number of halogens is 1. The Labute approximate surface area is 214 Å². The molecule has 1 aliphatic heterocycles. The number of ether oxygens (including phenoxy) is 1. The number of hydrogen-bond acceptors (Lipinski definition) is 5. The van der Waals surface area contributed by atoms with Crippen LogP contribution in [0.5, 0.6) is 0 Å². The molecule has 2 aliphatic rings. The molecule has 0 radical (unpaired) electrons. The van der Waals surface area contributed by atoms with E-state index in [0.717, 1.165) is 43.0 Å². The summed E-state index contributed by atoms with van der Waals surface area (Å²) in [5.41, 5.74) is 2.46. The van der Waals surface area contributed by atoms with Crippen molar-refractivity contribution in [1.82, 2.24) is 15.6 Å². The second kappa shape index (κ2) is 10.5. The van der Waals surface area contributed by atoms with E-state index in [9.17, 15) is 14.4 Å². The van der Waals surface area contributed by atoms with E-state index >= 15 is 0 Å². The number of nitrogens with one attached hydrogen (secondary N) is 2. The lowest BCUT2D eigenvalue weighted by Gasteiger charge is -2.33. The third-order valence-corrected chi connectivity index (χ3v) is 6.94. The minimum Gasteiger partial charge on any atom is -0.449 e. The summed E-state index contributed by atoms with van der Waals surface area (Å²) in [6.45, 7) is 1.02. The van der Waals surface area contributed by atoms with Crippen LogP contribution in [0.2, 0.25) is 5.15 Å². The highest BCUT2D eigenvalue weighted by Crippen LogP contribution is 2.23. The Morgan fingerprint density at radius 2 is 1.56 bits per heavy atom. The maximum atomic E-state index is 13.0. The lowest BCUT2D eigenvalue weighted by atomic mass is 9.89. The van der Waals surface area contributed by atoms with Crippen LogP contribution in [0.1, 0.15) is 52.8 Å². The first-order valence-electron chi connectivity index (χ1n) is 12.2. The first-order chi connectivity index (χ1) is 17.5. The van der Waals surface area contributed by atoms with Crippen molar-refractivity contribution >= 4 is 46.1 Å². The van der Waals surface area contributed by atoms with E-state index in [1.54, 1.807) is 53.4 Å². The molecule has 3 amide bonds. The van der Waals surface area contributed by atoms with Crippen LogP contribution in [0.25, 0.3) is 10.9 Å². The number of amides is 3. The Balaban J connectivity index is 1.24. The predicted octanol–water partition coefficient (Wildman–Crippen LogP) is 4.71. The van der Waals surface area contributed by atoms with Gasteiger partial charge in [-0.3, -0.25) is 14.5 Å². The van der Waals surface area contributed by atoms with E-state index in [-0.39, 0.29) is 30.0 Å². The molecule has 1 aromatic heterocycles. The number of nitrogens with zero attached hydrogens (tertiary/aromatic N) is 2. The zero-order valence-corrected chi connectivity index (χ0v) is 20.5. The van der Waals surface area contributed by atoms with Gasteiger partial charge in [0.25, 0.3) is 11.8 Å². The predicted molar refractivity (Wildman–Crippen MR) is 137 cm³/mol. The van der Waals surface area contributed by atoms with E-state index < -0.39 is 0 Å². The monoisotopic (exact) mass is 506 g/mol. The maximum Gasteiger partial charge on any atom is 0.414 e. The lowest BCUT2D eigenvalue weighted by Crippen LogP contribution is -2.53. The molecule has 186 valence electrons. The number of cyclic esters (lactones) is 1. The molecule has 2 N–H and O–H groups in total. The van der Waals surface area contributed by atoms with Gasteiger partial charge in [-0.05, 0) is 73.9 Å². The molecule has 2 atom stereocenters. The van der Waals surface area contributed by atoms with E-state index in [1.807, 2.05) is 6.07 Å². The normalized spacial score (nSPS) is 20.0. The van der Waals surface area contributed by atoms with Crippen LogP contribution in [0.15, 0.2) is 54.6 Å². The van der Waals surface area contributed by atoms with Crippen molar-refractivity contribution in [2.75, 3.05) is 18.1 Å². The fraction of sp³-hybridized carbons (Fsp3) is 0.333. The summed E-state index contributed by atoms with van der Waals surface area (Å²) in [7, 11) is 0. The quantitative estimate of drug-likeness (QED) is 0.488. The van der Waals surface area contributed by atoms with Crippen molar-refractivity contribution in [2.45, 2.75) is 44.2 Å². The number of anilines is 1. The fourth-order valence-electron chi connectivity index (χ4n) is 4.80. The number of aromatic nitrogens is 1. The van der Waals surface area contributed by atoms with E-state index in [4.69, 9.17) is 16.3 Å². The molecule has 2 heterocycles. The molecule has 3 aromatic rings. The van der Waals surface area contributed by atoms with Crippen LogP contribution in [0.3, 0.4) is 0 Å². The van der Waals surface area contributed by atoms with Gasteiger partial charge >= 0.3 is 6.09 Å². The van der Waals surface area contributed by atoms with Gasteiger partial charge in [0.05, 0.1) is 12.1 Å². The molecule has 8 nitrogen and oxygen atoms in total. The average Bonchev–Trinajstić information content (AvgIpc) is 2.90. The molecule has 1 aliphatic carbocycles. The zero-order valence-electron chi connectivity index (χ0n) is 19.7. The SMILES string of the molecule is O=C(NC1CCCCC1NC(=O)c1ccc2nc(Cl)ccc2c1)c1ccc(N2CCCOC2=O)cc1. The first kappa shape index (κ1) is 24.1. The third kappa shape index (κ3) is 5.28. The Bertz CT molecular complexity index is 1300.